The van der Waals surface area contributed by atoms with E-state index in [0.29, 0.717) is 6.04 Å². The fourth-order valence-corrected chi connectivity index (χ4v) is 1.80. The number of hydrogen-bond donors (Lipinski definition) is 2. The third kappa shape index (κ3) is 7.58. The number of hydrogen-bond acceptors (Lipinski definition) is 3. The third-order valence-electron chi connectivity index (χ3n) is 3.22. The SMILES string of the molecule is CCC(C)N.O=C(O)COC(c1ccccc1)c1ccccc1. The molecule has 3 N–H and O–H groups in total. The molecule has 4 nitrogen and oxygen atoms in total. The van der Waals surface area contributed by atoms with Crippen molar-refractivity contribution in [2.24, 2.45) is 5.73 Å². The summed E-state index contributed by atoms with van der Waals surface area (Å²) in [7, 11) is 0. The van der Waals surface area contributed by atoms with E-state index in [1.54, 1.807) is 0 Å². The number of rotatable bonds is 6. The molecule has 0 saturated heterocycles. The molecule has 1 unspecified atom stereocenters. The molecule has 0 aliphatic carbocycles. The molecule has 0 heterocycles. The number of ether oxygens (including phenoxy) is 1. The van der Waals surface area contributed by atoms with E-state index in [9.17, 15) is 4.79 Å². The summed E-state index contributed by atoms with van der Waals surface area (Å²) in [5.41, 5.74) is 7.19. The Hall–Kier alpha value is -2.17. The molecule has 0 aliphatic heterocycles. The van der Waals surface area contributed by atoms with Crippen molar-refractivity contribution in [1.29, 1.82) is 0 Å². The van der Waals surface area contributed by atoms with Gasteiger partial charge in [0.1, 0.15) is 12.7 Å². The first-order valence-electron chi connectivity index (χ1n) is 7.73. The number of benzene rings is 2. The van der Waals surface area contributed by atoms with Crippen molar-refractivity contribution in [2.45, 2.75) is 32.4 Å². The molecule has 0 saturated carbocycles. The Balaban J connectivity index is 0.000000463. The zero-order valence-corrected chi connectivity index (χ0v) is 13.7. The molecule has 0 fully saturated rings. The Morgan fingerprint density at radius 3 is 1.74 bits per heavy atom. The molecule has 1 atom stereocenters. The topological polar surface area (TPSA) is 72.6 Å². The van der Waals surface area contributed by atoms with Gasteiger partial charge in [-0.1, -0.05) is 67.6 Å². The number of carbonyl (C=O) groups is 1. The number of carboxylic acid groups (broad SMARTS) is 1. The van der Waals surface area contributed by atoms with Gasteiger partial charge in [-0.05, 0) is 24.5 Å². The van der Waals surface area contributed by atoms with E-state index in [1.165, 1.54) is 0 Å². The van der Waals surface area contributed by atoms with Gasteiger partial charge < -0.3 is 15.6 Å². The first-order valence-corrected chi connectivity index (χ1v) is 7.73. The highest BCUT2D eigenvalue weighted by Gasteiger charge is 2.15. The van der Waals surface area contributed by atoms with Gasteiger partial charge in [-0.2, -0.15) is 0 Å². The van der Waals surface area contributed by atoms with Crippen LogP contribution in [0.2, 0.25) is 0 Å². The van der Waals surface area contributed by atoms with E-state index in [2.05, 4.69) is 6.92 Å². The molecule has 0 bridgehead atoms. The summed E-state index contributed by atoms with van der Waals surface area (Å²) in [6.07, 6.45) is 0.739. The molecule has 0 radical (unpaired) electrons. The maximum absolute atomic E-state index is 10.6. The van der Waals surface area contributed by atoms with Crippen LogP contribution in [0.1, 0.15) is 37.5 Å². The van der Waals surface area contributed by atoms with Crippen LogP contribution in [-0.4, -0.2) is 23.7 Å². The largest absolute Gasteiger partial charge is 0.480 e. The van der Waals surface area contributed by atoms with Crippen LogP contribution in [0.15, 0.2) is 60.7 Å². The van der Waals surface area contributed by atoms with Gasteiger partial charge in [-0.15, -0.1) is 0 Å². The maximum Gasteiger partial charge on any atom is 0.329 e. The summed E-state index contributed by atoms with van der Waals surface area (Å²) in [5, 5.41) is 8.73. The Kier molecular flexibility index (Phi) is 8.65. The summed E-state index contributed by atoms with van der Waals surface area (Å²) in [5.74, 6) is -0.966. The van der Waals surface area contributed by atoms with Crippen LogP contribution in [0.5, 0.6) is 0 Å². The van der Waals surface area contributed by atoms with Crippen molar-refractivity contribution < 1.29 is 14.6 Å². The van der Waals surface area contributed by atoms with Crippen molar-refractivity contribution in [3.63, 3.8) is 0 Å². The maximum atomic E-state index is 10.6. The molecule has 2 rings (SSSR count). The van der Waals surface area contributed by atoms with Gasteiger partial charge in [-0.25, -0.2) is 4.79 Å². The highest BCUT2D eigenvalue weighted by molar-refractivity contribution is 5.68. The Morgan fingerprint density at radius 1 is 1.04 bits per heavy atom. The van der Waals surface area contributed by atoms with Crippen molar-refractivity contribution >= 4 is 5.97 Å². The summed E-state index contributed by atoms with van der Waals surface area (Å²) in [4.78, 5) is 10.6. The minimum Gasteiger partial charge on any atom is -0.480 e. The first-order chi connectivity index (χ1) is 11.0. The fourth-order valence-electron chi connectivity index (χ4n) is 1.80. The third-order valence-corrected chi connectivity index (χ3v) is 3.22. The molecule has 0 amide bonds. The molecular weight excluding hydrogens is 290 g/mol. The van der Waals surface area contributed by atoms with Gasteiger partial charge in [0.05, 0.1) is 0 Å². The highest BCUT2D eigenvalue weighted by Crippen LogP contribution is 2.25. The van der Waals surface area contributed by atoms with E-state index in [1.807, 2.05) is 67.6 Å². The lowest BCUT2D eigenvalue weighted by Crippen LogP contribution is -2.13. The van der Waals surface area contributed by atoms with Crippen LogP contribution < -0.4 is 5.73 Å². The van der Waals surface area contributed by atoms with Gasteiger partial charge in [-0.3, -0.25) is 0 Å². The lowest BCUT2D eigenvalue weighted by molar-refractivity contribution is -0.143. The average Bonchev–Trinajstić information content (AvgIpc) is 2.57. The van der Waals surface area contributed by atoms with Crippen molar-refractivity contribution in [3.05, 3.63) is 71.8 Å². The molecule has 2 aromatic rings. The second-order valence-electron chi connectivity index (χ2n) is 5.29. The predicted molar refractivity (Wildman–Crippen MR) is 92.3 cm³/mol. The predicted octanol–water partition coefficient (Wildman–Crippen LogP) is 3.62. The molecule has 4 heteroatoms. The van der Waals surface area contributed by atoms with Crippen LogP contribution in [0.4, 0.5) is 0 Å². The highest BCUT2D eigenvalue weighted by atomic mass is 16.5. The second-order valence-corrected chi connectivity index (χ2v) is 5.29. The van der Waals surface area contributed by atoms with E-state index in [-0.39, 0.29) is 12.7 Å². The lowest BCUT2D eigenvalue weighted by atomic mass is 10.0. The van der Waals surface area contributed by atoms with Gasteiger partial charge in [0, 0.05) is 6.04 Å². The first kappa shape index (κ1) is 18.9. The number of carboxylic acids is 1. The van der Waals surface area contributed by atoms with Crippen LogP contribution in [0.25, 0.3) is 0 Å². The molecule has 2 aromatic carbocycles. The van der Waals surface area contributed by atoms with Crippen LogP contribution in [0.3, 0.4) is 0 Å². The van der Waals surface area contributed by atoms with E-state index in [4.69, 9.17) is 15.6 Å². The summed E-state index contributed by atoms with van der Waals surface area (Å²) < 4.78 is 5.48. The molecule has 0 aliphatic rings. The zero-order valence-electron chi connectivity index (χ0n) is 13.7. The Bertz CT molecular complexity index is 516. The van der Waals surface area contributed by atoms with Crippen LogP contribution in [-0.2, 0) is 9.53 Å². The second kappa shape index (κ2) is 10.5. The number of aliphatic carboxylic acids is 1. The van der Waals surface area contributed by atoms with E-state index in [0.717, 1.165) is 17.5 Å². The minimum absolute atomic E-state index is 0.311. The molecular formula is C19H25NO3. The molecule has 0 aromatic heterocycles. The molecule has 23 heavy (non-hydrogen) atoms. The standard InChI is InChI=1S/C15H14O3.C4H11N/c16-14(17)11-18-15(12-7-3-1-4-8-12)13-9-5-2-6-10-13;1-3-4(2)5/h1-10,15H,11H2,(H,16,17);4H,3,5H2,1-2H3. The van der Waals surface area contributed by atoms with Crippen LogP contribution in [0, 0.1) is 0 Å². The van der Waals surface area contributed by atoms with Gasteiger partial charge in [0.25, 0.3) is 0 Å². The summed E-state index contributed by atoms with van der Waals surface area (Å²) in [6.45, 7) is 3.76. The Morgan fingerprint density at radius 2 is 1.43 bits per heavy atom. The summed E-state index contributed by atoms with van der Waals surface area (Å²) in [6, 6.07) is 19.6. The van der Waals surface area contributed by atoms with Crippen LogP contribution >= 0.6 is 0 Å². The molecule has 124 valence electrons. The Labute approximate surface area is 137 Å². The average molecular weight is 315 g/mol. The van der Waals surface area contributed by atoms with E-state index < -0.39 is 5.97 Å². The normalized spacial score (nSPS) is 11.5. The lowest BCUT2D eigenvalue weighted by Gasteiger charge is -2.17. The molecule has 0 spiro atoms. The fraction of sp³-hybridized carbons (Fsp3) is 0.316. The van der Waals surface area contributed by atoms with Crippen molar-refractivity contribution in [1.82, 2.24) is 0 Å². The monoisotopic (exact) mass is 315 g/mol. The van der Waals surface area contributed by atoms with E-state index >= 15 is 0 Å². The summed E-state index contributed by atoms with van der Waals surface area (Å²) >= 11 is 0. The number of nitrogens with two attached hydrogens (primary N) is 1. The van der Waals surface area contributed by atoms with Crippen molar-refractivity contribution in [2.75, 3.05) is 6.61 Å². The van der Waals surface area contributed by atoms with Gasteiger partial charge in [0.2, 0.25) is 0 Å². The minimum atomic E-state index is -0.966. The van der Waals surface area contributed by atoms with Gasteiger partial charge in [0.15, 0.2) is 0 Å². The van der Waals surface area contributed by atoms with Gasteiger partial charge >= 0.3 is 5.97 Å². The quantitative estimate of drug-likeness (QED) is 0.854. The zero-order chi connectivity index (χ0) is 17.1. The smallest absolute Gasteiger partial charge is 0.329 e. The van der Waals surface area contributed by atoms with Crippen molar-refractivity contribution in [3.8, 4) is 0 Å².